The van der Waals surface area contributed by atoms with Gasteiger partial charge in [0.15, 0.2) is 5.60 Å². The SMILES string of the molecule is C[C@@]1(C(N)=O)CN(C(=O)c2ccc3c(c2)CCC3)CCO1. The van der Waals surface area contributed by atoms with Gasteiger partial charge in [-0.1, -0.05) is 6.07 Å². The summed E-state index contributed by atoms with van der Waals surface area (Å²) in [7, 11) is 0. The average molecular weight is 288 g/mol. The van der Waals surface area contributed by atoms with Crippen LogP contribution in [-0.4, -0.2) is 42.0 Å². The van der Waals surface area contributed by atoms with Crippen molar-refractivity contribution in [2.75, 3.05) is 19.7 Å². The van der Waals surface area contributed by atoms with Crippen LogP contribution < -0.4 is 5.73 Å². The number of primary amides is 1. The Morgan fingerprint density at radius 1 is 1.29 bits per heavy atom. The second kappa shape index (κ2) is 5.15. The van der Waals surface area contributed by atoms with Gasteiger partial charge in [0.05, 0.1) is 13.2 Å². The molecule has 1 aromatic carbocycles. The Hall–Kier alpha value is -1.88. The van der Waals surface area contributed by atoms with E-state index in [-0.39, 0.29) is 12.5 Å². The van der Waals surface area contributed by atoms with Crippen LogP contribution in [0.5, 0.6) is 0 Å². The number of nitrogens with two attached hydrogens (primary N) is 1. The Balaban J connectivity index is 1.80. The zero-order valence-corrected chi connectivity index (χ0v) is 12.2. The van der Waals surface area contributed by atoms with E-state index in [2.05, 4.69) is 0 Å². The highest BCUT2D eigenvalue weighted by Crippen LogP contribution is 2.24. The molecule has 1 saturated heterocycles. The third-order valence-electron chi connectivity index (χ3n) is 4.43. The van der Waals surface area contributed by atoms with E-state index in [1.165, 1.54) is 11.1 Å². The molecule has 1 aromatic rings. The molecule has 0 bridgehead atoms. The molecule has 0 unspecified atom stereocenters. The molecule has 2 aliphatic rings. The molecule has 1 fully saturated rings. The largest absolute Gasteiger partial charge is 0.367 e. The summed E-state index contributed by atoms with van der Waals surface area (Å²) in [6.45, 7) is 2.66. The van der Waals surface area contributed by atoms with Crippen molar-refractivity contribution in [3.63, 3.8) is 0 Å². The molecule has 1 heterocycles. The summed E-state index contributed by atoms with van der Waals surface area (Å²) in [4.78, 5) is 25.8. The van der Waals surface area contributed by atoms with Crippen molar-refractivity contribution >= 4 is 11.8 Å². The standard InChI is InChI=1S/C16H20N2O3/c1-16(15(17)20)10-18(7-8-21-16)14(19)13-6-5-11-3-2-4-12(11)9-13/h5-6,9H,2-4,7-8,10H2,1H3,(H2,17,20)/t16-/m0/s1. The Morgan fingerprint density at radius 2 is 2.05 bits per heavy atom. The summed E-state index contributed by atoms with van der Waals surface area (Å²) in [5.41, 5.74) is 7.58. The third-order valence-corrected chi connectivity index (χ3v) is 4.43. The Kier molecular flexibility index (Phi) is 3.45. The van der Waals surface area contributed by atoms with Gasteiger partial charge in [-0.2, -0.15) is 0 Å². The zero-order valence-electron chi connectivity index (χ0n) is 12.2. The van der Waals surface area contributed by atoms with Crippen LogP contribution in [-0.2, 0) is 22.4 Å². The van der Waals surface area contributed by atoms with Crippen LogP contribution in [0, 0.1) is 0 Å². The first-order valence-corrected chi connectivity index (χ1v) is 7.34. The third kappa shape index (κ3) is 2.53. The molecule has 1 atom stereocenters. The van der Waals surface area contributed by atoms with Crippen molar-refractivity contribution in [2.24, 2.45) is 5.73 Å². The maximum absolute atomic E-state index is 12.6. The molecule has 2 N–H and O–H groups in total. The van der Waals surface area contributed by atoms with Gasteiger partial charge in [-0.05, 0) is 49.4 Å². The van der Waals surface area contributed by atoms with E-state index < -0.39 is 11.5 Å². The molecule has 5 nitrogen and oxygen atoms in total. The van der Waals surface area contributed by atoms with E-state index in [4.69, 9.17) is 10.5 Å². The molecular weight excluding hydrogens is 268 g/mol. The van der Waals surface area contributed by atoms with Crippen LogP contribution in [0.4, 0.5) is 0 Å². The van der Waals surface area contributed by atoms with Crippen LogP contribution in [0.15, 0.2) is 18.2 Å². The molecule has 2 amide bonds. The first-order chi connectivity index (χ1) is 9.99. The molecule has 1 aliphatic carbocycles. The van der Waals surface area contributed by atoms with Gasteiger partial charge in [-0.25, -0.2) is 0 Å². The van der Waals surface area contributed by atoms with Crippen molar-refractivity contribution < 1.29 is 14.3 Å². The minimum absolute atomic E-state index is 0.0551. The predicted molar refractivity (Wildman–Crippen MR) is 77.9 cm³/mol. The fourth-order valence-corrected chi connectivity index (χ4v) is 3.08. The lowest BCUT2D eigenvalue weighted by Gasteiger charge is -2.38. The van der Waals surface area contributed by atoms with Crippen LogP contribution in [0.1, 0.15) is 34.8 Å². The summed E-state index contributed by atoms with van der Waals surface area (Å²) in [5, 5.41) is 0. The average Bonchev–Trinajstić information content (AvgIpc) is 2.93. The second-order valence-corrected chi connectivity index (χ2v) is 6.01. The fraction of sp³-hybridized carbons (Fsp3) is 0.500. The normalized spacial score (nSPS) is 24.7. The van der Waals surface area contributed by atoms with Gasteiger partial charge in [-0.15, -0.1) is 0 Å². The lowest BCUT2D eigenvalue weighted by molar-refractivity contribution is -0.150. The first-order valence-electron chi connectivity index (χ1n) is 7.34. The lowest BCUT2D eigenvalue weighted by Crippen LogP contribution is -2.58. The zero-order chi connectivity index (χ0) is 15.0. The summed E-state index contributed by atoms with van der Waals surface area (Å²) in [6.07, 6.45) is 3.30. The Labute approximate surface area is 124 Å². The maximum Gasteiger partial charge on any atom is 0.254 e. The van der Waals surface area contributed by atoms with Crippen molar-refractivity contribution in [1.29, 1.82) is 0 Å². The van der Waals surface area contributed by atoms with Gasteiger partial charge in [0, 0.05) is 12.1 Å². The number of aryl methyl sites for hydroxylation is 2. The number of morpholine rings is 1. The number of amides is 2. The second-order valence-electron chi connectivity index (χ2n) is 6.01. The molecule has 1 aliphatic heterocycles. The van der Waals surface area contributed by atoms with Gasteiger partial charge in [0.2, 0.25) is 0 Å². The highest BCUT2D eigenvalue weighted by atomic mass is 16.5. The number of hydrogen-bond acceptors (Lipinski definition) is 3. The maximum atomic E-state index is 12.6. The topological polar surface area (TPSA) is 72.6 Å². The molecule has 0 radical (unpaired) electrons. The number of carbonyl (C=O) groups excluding carboxylic acids is 2. The number of ether oxygens (including phenoxy) is 1. The van der Waals surface area contributed by atoms with Gasteiger partial charge in [0.25, 0.3) is 11.8 Å². The quantitative estimate of drug-likeness (QED) is 0.878. The summed E-state index contributed by atoms with van der Waals surface area (Å²) in [6, 6.07) is 5.91. The molecule has 0 spiro atoms. The lowest BCUT2D eigenvalue weighted by atomic mass is 10.0. The van der Waals surface area contributed by atoms with E-state index in [0.29, 0.717) is 18.7 Å². The van der Waals surface area contributed by atoms with Crippen LogP contribution >= 0.6 is 0 Å². The van der Waals surface area contributed by atoms with Gasteiger partial charge in [-0.3, -0.25) is 9.59 Å². The van der Waals surface area contributed by atoms with E-state index in [9.17, 15) is 9.59 Å². The number of rotatable bonds is 2. The summed E-state index contributed by atoms with van der Waals surface area (Å²) < 4.78 is 5.45. The van der Waals surface area contributed by atoms with Gasteiger partial charge >= 0.3 is 0 Å². The van der Waals surface area contributed by atoms with Crippen molar-refractivity contribution in [2.45, 2.75) is 31.8 Å². The number of benzene rings is 1. The summed E-state index contributed by atoms with van der Waals surface area (Å²) >= 11 is 0. The minimum atomic E-state index is -1.09. The van der Waals surface area contributed by atoms with E-state index in [1.54, 1.807) is 11.8 Å². The molecule has 21 heavy (non-hydrogen) atoms. The Morgan fingerprint density at radius 3 is 2.81 bits per heavy atom. The van der Waals surface area contributed by atoms with Crippen LogP contribution in [0.25, 0.3) is 0 Å². The van der Waals surface area contributed by atoms with Gasteiger partial charge in [0.1, 0.15) is 0 Å². The highest BCUT2D eigenvalue weighted by Gasteiger charge is 2.39. The summed E-state index contributed by atoms with van der Waals surface area (Å²) in [5.74, 6) is -0.588. The number of hydrogen-bond donors (Lipinski definition) is 1. The molecular formula is C16H20N2O3. The number of fused-ring (bicyclic) bond motifs is 1. The Bertz CT molecular complexity index is 599. The molecule has 5 heteroatoms. The van der Waals surface area contributed by atoms with E-state index in [0.717, 1.165) is 19.3 Å². The number of carbonyl (C=O) groups is 2. The van der Waals surface area contributed by atoms with Crippen LogP contribution in [0.3, 0.4) is 0 Å². The van der Waals surface area contributed by atoms with Crippen LogP contribution in [0.2, 0.25) is 0 Å². The molecule has 0 saturated carbocycles. The minimum Gasteiger partial charge on any atom is -0.367 e. The monoisotopic (exact) mass is 288 g/mol. The van der Waals surface area contributed by atoms with Crippen molar-refractivity contribution in [3.8, 4) is 0 Å². The molecule has 112 valence electrons. The molecule has 3 rings (SSSR count). The first kappa shape index (κ1) is 14.1. The fourth-order valence-electron chi connectivity index (χ4n) is 3.08. The van der Waals surface area contributed by atoms with E-state index >= 15 is 0 Å². The van der Waals surface area contributed by atoms with Crippen molar-refractivity contribution in [3.05, 3.63) is 34.9 Å². The molecule has 0 aromatic heterocycles. The highest BCUT2D eigenvalue weighted by molar-refractivity contribution is 5.95. The smallest absolute Gasteiger partial charge is 0.254 e. The van der Waals surface area contributed by atoms with E-state index in [1.807, 2.05) is 18.2 Å². The number of nitrogens with zero attached hydrogens (tertiary/aromatic N) is 1. The predicted octanol–water partition coefficient (Wildman–Crippen LogP) is 0.892. The van der Waals surface area contributed by atoms with Crippen molar-refractivity contribution in [1.82, 2.24) is 4.90 Å². The van der Waals surface area contributed by atoms with Gasteiger partial charge < -0.3 is 15.4 Å².